The molecule has 0 aromatic rings. The molecule has 0 unspecified atom stereocenters. The molecule has 0 N–H and O–H groups in total. The zero-order valence-electron chi connectivity index (χ0n) is 43.8. The van der Waals surface area contributed by atoms with Crippen LogP contribution >= 0.6 is 0 Å². The molecule has 0 saturated heterocycles. The number of ether oxygens (including phenoxy) is 3. The molecule has 0 aromatic carbocycles. The van der Waals surface area contributed by atoms with Crippen molar-refractivity contribution in [3.8, 4) is 0 Å². The van der Waals surface area contributed by atoms with E-state index in [-0.39, 0.29) is 31.1 Å². The molecule has 380 valence electrons. The lowest BCUT2D eigenvalue weighted by atomic mass is 10.0. The van der Waals surface area contributed by atoms with E-state index >= 15 is 0 Å². The first-order valence-corrected chi connectivity index (χ1v) is 28.9. The van der Waals surface area contributed by atoms with Gasteiger partial charge in [0.15, 0.2) is 6.10 Å². The maximum absolute atomic E-state index is 12.8. The SMILES string of the molecule is CCCCCCCCCCCCCCCCC(=O)OC[C@H](COC(=O)CCCCCCCCCCCCC)OC(=O)CCCCCCCCCCCCCCCCCCCCC(C)C. The Morgan fingerprint density at radius 3 is 0.766 bits per heavy atom. The van der Waals surface area contributed by atoms with E-state index in [0.29, 0.717) is 19.3 Å². The first-order valence-electron chi connectivity index (χ1n) is 28.9. The number of carbonyl (C=O) groups is 3. The molecule has 0 radical (unpaired) electrons. The lowest BCUT2D eigenvalue weighted by Gasteiger charge is -2.18. The van der Waals surface area contributed by atoms with E-state index in [1.54, 1.807) is 0 Å². The lowest BCUT2D eigenvalue weighted by Crippen LogP contribution is -2.30. The monoisotopic (exact) mass is 905 g/mol. The van der Waals surface area contributed by atoms with Gasteiger partial charge >= 0.3 is 17.9 Å². The highest BCUT2D eigenvalue weighted by atomic mass is 16.6. The van der Waals surface area contributed by atoms with Crippen molar-refractivity contribution in [1.29, 1.82) is 0 Å². The summed E-state index contributed by atoms with van der Waals surface area (Å²) >= 11 is 0. The molecule has 0 bridgehead atoms. The summed E-state index contributed by atoms with van der Waals surface area (Å²) in [6, 6.07) is 0. The van der Waals surface area contributed by atoms with Crippen molar-refractivity contribution < 1.29 is 28.6 Å². The van der Waals surface area contributed by atoms with E-state index in [1.165, 1.54) is 225 Å². The van der Waals surface area contributed by atoms with Crippen LogP contribution in [0.25, 0.3) is 0 Å². The summed E-state index contributed by atoms with van der Waals surface area (Å²) in [6.07, 6.45) is 56.7. The number of rotatable bonds is 53. The molecule has 0 aliphatic rings. The van der Waals surface area contributed by atoms with Gasteiger partial charge in [-0.15, -0.1) is 0 Å². The highest BCUT2D eigenvalue weighted by Crippen LogP contribution is 2.18. The lowest BCUT2D eigenvalue weighted by molar-refractivity contribution is -0.167. The van der Waals surface area contributed by atoms with E-state index in [4.69, 9.17) is 14.2 Å². The quantitative estimate of drug-likeness (QED) is 0.0344. The average Bonchev–Trinajstić information content (AvgIpc) is 3.28. The van der Waals surface area contributed by atoms with Crippen LogP contribution in [0.4, 0.5) is 0 Å². The summed E-state index contributed by atoms with van der Waals surface area (Å²) < 4.78 is 16.9. The van der Waals surface area contributed by atoms with Crippen molar-refractivity contribution in [2.45, 2.75) is 336 Å². The third-order valence-electron chi connectivity index (χ3n) is 13.3. The maximum Gasteiger partial charge on any atom is 0.306 e. The molecule has 1 atom stereocenters. The number of carbonyl (C=O) groups excluding carboxylic acids is 3. The van der Waals surface area contributed by atoms with Crippen LogP contribution in [0.3, 0.4) is 0 Å². The number of esters is 3. The van der Waals surface area contributed by atoms with Crippen LogP contribution in [0.2, 0.25) is 0 Å². The predicted molar refractivity (Wildman–Crippen MR) is 275 cm³/mol. The van der Waals surface area contributed by atoms with Crippen LogP contribution in [0, 0.1) is 5.92 Å². The minimum atomic E-state index is -0.761. The first-order chi connectivity index (χ1) is 31.4. The Morgan fingerprint density at radius 2 is 0.516 bits per heavy atom. The van der Waals surface area contributed by atoms with Crippen LogP contribution in [-0.4, -0.2) is 37.2 Å². The van der Waals surface area contributed by atoms with Crippen molar-refractivity contribution in [3.05, 3.63) is 0 Å². The zero-order chi connectivity index (χ0) is 46.7. The Kier molecular flexibility index (Phi) is 51.1. The molecule has 0 amide bonds. The van der Waals surface area contributed by atoms with Gasteiger partial charge in [0.25, 0.3) is 0 Å². The van der Waals surface area contributed by atoms with E-state index in [1.807, 2.05) is 0 Å². The van der Waals surface area contributed by atoms with Gasteiger partial charge in [0.2, 0.25) is 0 Å². The Balaban J connectivity index is 4.23. The molecular formula is C58H112O6. The summed E-state index contributed by atoms with van der Waals surface area (Å²) in [5, 5.41) is 0. The summed E-state index contributed by atoms with van der Waals surface area (Å²) in [4.78, 5) is 38.1. The van der Waals surface area contributed by atoms with Crippen LogP contribution in [-0.2, 0) is 28.6 Å². The Labute approximate surface area is 399 Å². The topological polar surface area (TPSA) is 78.9 Å². The second kappa shape index (κ2) is 52.4. The van der Waals surface area contributed by atoms with Crippen LogP contribution in [0.1, 0.15) is 329 Å². The van der Waals surface area contributed by atoms with Crippen molar-refractivity contribution in [1.82, 2.24) is 0 Å². The Morgan fingerprint density at radius 1 is 0.297 bits per heavy atom. The maximum atomic E-state index is 12.8. The number of hydrogen-bond donors (Lipinski definition) is 0. The van der Waals surface area contributed by atoms with Gasteiger partial charge in [0.05, 0.1) is 0 Å². The second-order valence-corrected chi connectivity index (χ2v) is 20.4. The van der Waals surface area contributed by atoms with Gasteiger partial charge < -0.3 is 14.2 Å². The molecule has 6 heteroatoms. The fourth-order valence-corrected chi connectivity index (χ4v) is 8.92. The molecule has 0 aliphatic heterocycles. The van der Waals surface area contributed by atoms with Gasteiger partial charge in [-0.3, -0.25) is 14.4 Å². The Bertz CT molecular complexity index is 964. The highest BCUT2D eigenvalue weighted by Gasteiger charge is 2.19. The van der Waals surface area contributed by atoms with E-state index in [2.05, 4.69) is 27.7 Å². The van der Waals surface area contributed by atoms with Crippen LogP contribution < -0.4 is 0 Å². The molecule has 0 heterocycles. The third kappa shape index (κ3) is 51.4. The summed E-state index contributed by atoms with van der Waals surface area (Å²) in [6.45, 7) is 9.07. The molecule has 0 saturated carbocycles. The fourth-order valence-electron chi connectivity index (χ4n) is 8.92. The smallest absolute Gasteiger partial charge is 0.306 e. The van der Waals surface area contributed by atoms with E-state index in [0.717, 1.165) is 63.7 Å². The van der Waals surface area contributed by atoms with Crippen molar-refractivity contribution >= 4 is 17.9 Å². The second-order valence-electron chi connectivity index (χ2n) is 20.4. The highest BCUT2D eigenvalue weighted by molar-refractivity contribution is 5.71. The fraction of sp³-hybridized carbons (Fsp3) is 0.948. The molecule has 0 fully saturated rings. The number of unbranched alkanes of at least 4 members (excludes halogenated alkanes) is 40. The average molecular weight is 906 g/mol. The summed E-state index contributed by atoms with van der Waals surface area (Å²) in [7, 11) is 0. The van der Waals surface area contributed by atoms with Crippen LogP contribution in [0.15, 0.2) is 0 Å². The van der Waals surface area contributed by atoms with Gasteiger partial charge in [-0.2, -0.15) is 0 Å². The van der Waals surface area contributed by atoms with E-state index in [9.17, 15) is 14.4 Å². The molecule has 64 heavy (non-hydrogen) atoms. The first kappa shape index (κ1) is 62.4. The minimum Gasteiger partial charge on any atom is -0.462 e. The van der Waals surface area contributed by atoms with Crippen molar-refractivity contribution in [2.75, 3.05) is 13.2 Å². The zero-order valence-corrected chi connectivity index (χ0v) is 43.8. The van der Waals surface area contributed by atoms with Gasteiger partial charge in [0, 0.05) is 19.3 Å². The summed E-state index contributed by atoms with van der Waals surface area (Å²) in [5.41, 5.74) is 0. The molecular weight excluding hydrogens is 793 g/mol. The van der Waals surface area contributed by atoms with Gasteiger partial charge in [-0.25, -0.2) is 0 Å². The summed E-state index contributed by atoms with van der Waals surface area (Å²) in [5.74, 6) is 0.0218. The largest absolute Gasteiger partial charge is 0.462 e. The molecule has 0 spiro atoms. The number of hydrogen-bond acceptors (Lipinski definition) is 6. The molecule has 0 aliphatic carbocycles. The van der Waals surface area contributed by atoms with Crippen molar-refractivity contribution in [2.24, 2.45) is 5.92 Å². The minimum absolute atomic E-state index is 0.0618. The predicted octanol–water partition coefficient (Wildman–Crippen LogP) is 19.0. The van der Waals surface area contributed by atoms with Crippen LogP contribution in [0.5, 0.6) is 0 Å². The normalized spacial score (nSPS) is 12.0. The van der Waals surface area contributed by atoms with Gasteiger partial charge in [-0.05, 0) is 25.2 Å². The Hall–Kier alpha value is -1.59. The van der Waals surface area contributed by atoms with E-state index < -0.39 is 6.10 Å². The van der Waals surface area contributed by atoms with Gasteiger partial charge in [-0.1, -0.05) is 291 Å². The third-order valence-corrected chi connectivity index (χ3v) is 13.3. The molecule has 0 rings (SSSR count). The standard InChI is InChI=1S/C58H112O6/c1-5-7-9-11-13-15-17-18-26-30-34-38-42-46-50-57(60)63-53-55(52-62-56(59)49-45-41-37-33-28-16-14-12-10-8-6-2)64-58(61)51-47-43-39-35-31-27-24-22-20-19-21-23-25-29-32-36-40-44-48-54(3)4/h54-55H,5-53H2,1-4H3/t55-/m0/s1. The molecule has 6 nitrogen and oxygen atoms in total. The van der Waals surface area contributed by atoms with Gasteiger partial charge in [0.1, 0.15) is 13.2 Å². The molecule has 0 aromatic heterocycles. The van der Waals surface area contributed by atoms with Crippen molar-refractivity contribution in [3.63, 3.8) is 0 Å².